The lowest BCUT2D eigenvalue weighted by Crippen LogP contribution is -2.22. The third-order valence-corrected chi connectivity index (χ3v) is 7.69. The maximum absolute atomic E-state index is 12.8. The second kappa shape index (κ2) is 12.5. The van der Waals surface area contributed by atoms with E-state index in [1.807, 2.05) is 102 Å². The van der Waals surface area contributed by atoms with Crippen molar-refractivity contribution in [1.82, 2.24) is 14.7 Å². The zero-order valence-electron chi connectivity index (χ0n) is 22.4. The van der Waals surface area contributed by atoms with Gasteiger partial charge in [-0.15, -0.1) is 0 Å². The van der Waals surface area contributed by atoms with Crippen molar-refractivity contribution in [2.75, 3.05) is 5.32 Å². The fourth-order valence-corrected chi connectivity index (χ4v) is 5.20. The molecule has 0 spiro atoms. The van der Waals surface area contributed by atoms with Crippen molar-refractivity contribution in [2.24, 2.45) is 0 Å². The summed E-state index contributed by atoms with van der Waals surface area (Å²) in [5, 5.41) is 7.19. The molecule has 6 nitrogen and oxygen atoms in total. The van der Waals surface area contributed by atoms with Gasteiger partial charge < -0.3 is 15.4 Å². The van der Waals surface area contributed by atoms with Gasteiger partial charge in [0.15, 0.2) is 5.65 Å². The standard InChI is InChI=1S/C34H26BrClN4O2/c35-29-17-18-40-32(20-31(39-33(29)40)28-11-4-5-12-30(28)36)37-21-23-13-15-24(16-14-23)22-38-34(41)25-7-6-10-27(19-25)42-26-8-2-1-3-9-26/h1-20,37H,21-22H2,(H,38,41). The van der Waals surface area contributed by atoms with E-state index in [2.05, 4.69) is 38.7 Å². The van der Waals surface area contributed by atoms with Gasteiger partial charge in [-0.25, -0.2) is 4.98 Å². The summed E-state index contributed by atoms with van der Waals surface area (Å²) in [6.45, 7) is 1.03. The molecule has 0 atom stereocenters. The molecular weight excluding hydrogens is 612 g/mol. The van der Waals surface area contributed by atoms with Crippen LogP contribution in [0, 0.1) is 0 Å². The maximum Gasteiger partial charge on any atom is 0.251 e. The molecule has 208 valence electrons. The van der Waals surface area contributed by atoms with E-state index < -0.39 is 0 Å². The van der Waals surface area contributed by atoms with Crippen molar-refractivity contribution in [3.63, 3.8) is 0 Å². The first kappa shape index (κ1) is 27.6. The Morgan fingerprint density at radius 1 is 0.810 bits per heavy atom. The zero-order chi connectivity index (χ0) is 28.9. The van der Waals surface area contributed by atoms with E-state index in [0.29, 0.717) is 29.4 Å². The Kier molecular flexibility index (Phi) is 8.21. The molecule has 0 unspecified atom stereocenters. The third kappa shape index (κ3) is 6.33. The van der Waals surface area contributed by atoms with Crippen molar-refractivity contribution in [3.8, 4) is 22.8 Å². The average molecular weight is 638 g/mol. The SMILES string of the molecule is O=C(NCc1ccc(CNc2cc(-c3ccccc3Cl)nc3c(Br)ccn23)cc1)c1cccc(Oc2ccccc2)c1. The number of nitrogens with one attached hydrogen (secondary N) is 2. The molecule has 1 amide bonds. The van der Waals surface area contributed by atoms with Crippen LogP contribution in [0.3, 0.4) is 0 Å². The van der Waals surface area contributed by atoms with Crippen molar-refractivity contribution < 1.29 is 9.53 Å². The van der Waals surface area contributed by atoms with Gasteiger partial charge >= 0.3 is 0 Å². The maximum atomic E-state index is 12.8. The molecule has 6 aromatic rings. The first-order chi connectivity index (χ1) is 20.5. The molecule has 0 saturated heterocycles. The lowest BCUT2D eigenvalue weighted by molar-refractivity contribution is 0.0950. The Balaban J connectivity index is 1.09. The van der Waals surface area contributed by atoms with Crippen LogP contribution >= 0.6 is 27.5 Å². The smallest absolute Gasteiger partial charge is 0.251 e. The third-order valence-electron chi connectivity index (χ3n) is 6.75. The number of fused-ring (bicyclic) bond motifs is 1. The summed E-state index contributed by atoms with van der Waals surface area (Å²) in [6.07, 6.45) is 1.97. The molecule has 8 heteroatoms. The number of rotatable bonds is 9. The second-order valence-electron chi connectivity index (χ2n) is 9.66. The number of nitrogens with zero attached hydrogens (tertiary/aromatic N) is 2. The van der Waals surface area contributed by atoms with Crippen molar-refractivity contribution in [1.29, 1.82) is 0 Å². The van der Waals surface area contributed by atoms with E-state index in [1.165, 1.54) is 0 Å². The topological polar surface area (TPSA) is 67.7 Å². The second-order valence-corrected chi connectivity index (χ2v) is 10.9. The molecule has 0 fully saturated rings. The lowest BCUT2D eigenvalue weighted by atomic mass is 10.1. The number of halogens is 2. The van der Waals surface area contributed by atoms with Crippen LogP contribution in [0.1, 0.15) is 21.5 Å². The molecular formula is C34H26BrClN4O2. The Morgan fingerprint density at radius 2 is 1.52 bits per heavy atom. The molecule has 2 heterocycles. The number of anilines is 1. The predicted octanol–water partition coefficient (Wildman–Crippen LogP) is 8.75. The summed E-state index contributed by atoms with van der Waals surface area (Å²) >= 11 is 10.1. The van der Waals surface area contributed by atoms with E-state index in [0.717, 1.165) is 44.1 Å². The molecule has 42 heavy (non-hydrogen) atoms. The summed E-state index contributed by atoms with van der Waals surface area (Å²) in [5.74, 6) is 2.08. The molecule has 0 aliphatic carbocycles. The number of benzene rings is 4. The van der Waals surface area contributed by atoms with Crippen LogP contribution in [-0.2, 0) is 13.1 Å². The summed E-state index contributed by atoms with van der Waals surface area (Å²) in [4.78, 5) is 17.6. The first-order valence-electron chi connectivity index (χ1n) is 13.4. The van der Waals surface area contributed by atoms with E-state index in [9.17, 15) is 4.79 Å². The minimum atomic E-state index is -0.159. The number of carbonyl (C=O) groups excluding carboxylic acids is 1. The normalized spacial score (nSPS) is 10.9. The molecule has 4 aromatic carbocycles. The number of hydrogen-bond acceptors (Lipinski definition) is 4. The molecule has 0 saturated carbocycles. The number of hydrogen-bond donors (Lipinski definition) is 2. The molecule has 0 aliphatic heterocycles. The van der Waals surface area contributed by atoms with Gasteiger partial charge in [-0.1, -0.05) is 78.3 Å². The van der Waals surface area contributed by atoms with Gasteiger partial charge in [0.05, 0.1) is 10.2 Å². The van der Waals surface area contributed by atoms with Crippen LogP contribution in [0.15, 0.2) is 126 Å². The monoisotopic (exact) mass is 636 g/mol. The van der Waals surface area contributed by atoms with Crippen molar-refractivity contribution in [3.05, 3.63) is 148 Å². The van der Waals surface area contributed by atoms with Crippen LogP contribution in [0.4, 0.5) is 5.82 Å². The predicted molar refractivity (Wildman–Crippen MR) is 171 cm³/mol. The molecule has 6 rings (SSSR count). The fourth-order valence-electron chi connectivity index (χ4n) is 4.57. The molecule has 2 N–H and O–H groups in total. The van der Waals surface area contributed by atoms with Crippen molar-refractivity contribution in [2.45, 2.75) is 13.1 Å². The van der Waals surface area contributed by atoms with Crippen LogP contribution < -0.4 is 15.4 Å². The Hall–Kier alpha value is -4.59. The van der Waals surface area contributed by atoms with Crippen LogP contribution in [0.25, 0.3) is 16.9 Å². The minimum absolute atomic E-state index is 0.159. The minimum Gasteiger partial charge on any atom is -0.457 e. The van der Waals surface area contributed by atoms with Crippen molar-refractivity contribution >= 4 is 44.9 Å². The highest BCUT2D eigenvalue weighted by atomic mass is 79.9. The van der Waals surface area contributed by atoms with Gasteiger partial charge in [0.1, 0.15) is 17.3 Å². The number of carbonyl (C=O) groups is 1. The van der Waals surface area contributed by atoms with E-state index in [4.69, 9.17) is 21.3 Å². The Labute approximate surface area is 257 Å². The van der Waals surface area contributed by atoms with Gasteiger partial charge in [0, 0.05) is 41.5 Å². The Morgan fingerprint density at radius 3 is 2.31 bits per heavy atom. The molecule has 2 aromatic heterocycles. The largest absolute Gasteiger partial charge is 0.457 e. The number of para-hydroxylation sites is 1. The molecule has 0 radical (unpaired) electrons. The van der Waals surface area contributed by atoms with E-state index >= 15 is 0 Å². The van der Waals surface area contributed by atoms with Gasteiger partial charge in [0.2, 0.25) is 0 Å². The highest BCUT2D eigenvalue weighted by Crippen LogP contribution is 2.31. The van der Waals surface area contributed by atoms with Gasteiger partial charge in [-0.05, 0) is 69.5 Å². The summed E-state index contributed by atoms with van der Waals surface area (Å²) in [5.41, 5.74) is 5.12. The summed E-state index contributed by atoms with van der Waals surface area (Å²) in [7, 11) is 0. The molecule has 0 bridgehead atoms. The summed E-state index contributed by atoms with van der Waals surface area (Å²) < 4.78 is 8.77. The van der Waals surface area contributed by atoms with Gasteiger partial charge in [-0.2, -0.15) is 0 Å². The van der Waals surface area contributed by atoms with Crippen LogP contribution in [0.5, 0.6) is 11.5 Å². The quantitative estimate of drug-likeness (QED) is 0.166. The van der Waals surface area contributed by atoms with E-state index in [1.54, 1.807) is 12.1 Å². The fraction of sp³-hybridized carbons (Fsp3) is 0.0588. The van der Waals surface area contributed by atoms with Crippen LogP contribution in [0.2, 0.25) is 5.02 Å². The zero-order valence-corrected chi connectivity index (χ0v) is 24.8. The first-order valence-corrected chi connectivity index (χ1v) is 14.6. The lowest BCUT2D eigenvalue weighted by Gasteiger charge is -2.13. The summed E-state index contributed by atoms with van der Waals surface area (Å²) in [6, 6.07) is 36.5. The van der Waals surface area contributed by atoms with Crippen LogP contribution in [-0.4, -0.2) is 15.3 Å². The molecule has 0 aliphatic rings. The average Bonchev–Trinajstić information content (AvgIpc) is 3.40. The Bertz CT molecular complexity index is 1860. The number of aromatic nitrogens is 2. The highest BCUT2D eigenvalue weighted by molar-refractivity contribution is 9.10. The van der Waals surface area contributed by atoms with Gasteiger partial charge in [-0.3, -0.25) is 9.20 Å². The van der Waals surface area contributed by atoms with E-state index in [-0.39, 0.29) is 5.91 Å². The van der Waals surface area contributed by atoms with Gasteiger partial charge in [0.25, 0.3) is 5.91 Å². The highest BCUT2D eigenvalue weighted by Gasteiger charge is 2.12. The number of ether oxygens (including phenoxy) is 1. The number of amides is 1.